The summed E-state index contributed by atoms with van der Waals surface area (Å²) in [6.07, 6.45) is -2.78. The quantitative estimate of drug-likeness (QED) is 0.855. The van der Waals surface area contributed by atoms with Crippen molar-refractivity contribution in [1.29, 1.82) is 0 Å². The van der Waals surface area contributed by atoms with Gasteiger partial charge in [-0.15, -0.1) is 0 Å². The summed E-state index contributed by atoms with van der Waals surface area (Å²) in [6, 6.07) is 1.16. The van der Waals surface area contributed by atoms with Crippen LogP contribution in [0.1, 0.15) is 28.2 Å². The molecule has 0 atom stereocenters. The Kier molecular flexibility index (Phi) is 4.15. The topological polar surface area (TPSA) is 50.2 Å². The summed E-state index contributed by atoms with van der Waals surface area (Å²) in [4.78, 5) is 14.1. The fourth-order valence-electron chi connectivity index (χ4n) is 0.955. The molecule has 82 valence electrons. The summed E-state index contributed by atoms with van der Waals surface area (Å²) in [6.45, 7) is 0. The Morgan fingerprint density at radius 3 is 2.60 bits per heavy atom. The van der Waals surface area contributed by atoms with Crippen molar-refractivity contribution >= 4 is 37.8 Å². The highest BCUT2D eigenvalue weighted by atomic mass is 79.9. The molecule has 0 aromatic carbocycles. The molecule has 0 aliphatic rings. The first-order valence-corrected chi connectivity index (χ1v) is 5.65. The van der Waals surface area contributed by atoms with Crippen LogP contribution in [-0.4, -0.2) is 16.1 Å². The number of aromatic carboxylic acids is 1. The van der Waals surface area contributed by atoms with Crippen LogP contribution in [0.4, 0.5) is 8.78 Å². The number of rotatable bonds is 3. The molecule has 0 amide bonds. The lowest BCUT2D eigenvalue weighted by Gasteiger charge is -2.07. The van der Waals surface area contributed by atoms with Crippen molar-refractivity contribution in [3.8, 4) is 0 Å². The molecule has 3 nitrogen and oxygen atoms in total. The minimum Gasteiger partial charge on any atom is -0.476 e. The van der Waals surface area contributed by atoms with Gasteiger partial charge in [0.15, 0.2) is 5.69 Å². The second-order valence-electron chi connectivity index (χ2n) is 2.61. The monoisotopic (exact) mass is 343 g/mol. The summed E-state index contributed by atoms with van der Waals surface area (Å²) in [5.41, 5.74) is -0.509. The summed E-state index contributed by atoms with van der Waals surface area (Å²) < 4.78 is 25.0. The summed E-state index contributed by atoms with van der Waals surface area (Å²) in [5.74, 6) is -1.34. The van der Waals surface area contributed by atoms with Gasteiger partial charge in [-0.05, 0) is 27.6 Å². The Hall–Kier alpha value is -0.560. The van der Waals surface area contributed by atoms with Crippen LogP contribution in [0, 0.1) is 0 Å². The molecule has 1 rings (SSSR count). The molecule has 1 aromatic rings. The highest BCUT2D eigenvalue weighted by Gasteiger charge is 2.19. The van der Waals surface area contributed by atoms with Crippen molar-refractivity contribution < 1.29 is 18.7 Å². The standard InChI is InChI=1S/C8H5Br2F2NO2/c9-2-3-1-4(7(11)12)13-6(5(3)10)8(14)15/h1,7H,2H2,(H,14,15). The fraction of sp³-hybridized carbons (Fsp3) is 0.250. The van der Waals surface area contributed by atoms with Crippen LogP contribution in [0.15, 0.2) is 10.5 Å². The van der Waals surface area contributed by atoms with Crippen molar-refractivity contribution in [1.82, 2.24) is 4.98 Å². The third kappa shape index (κ3) is 2.72. The number of carboxylic acid groups (broad SMARTS) is 1. The molecule has 7 heteroatoms. The number of aromatic nitrogens is 1. The number of carboxylic acids is 1. The predicted octanol–water partition coefficient (Wildman–Crippen LogP) is 3.37. The van der Waals surface area contributed by atoms with Gasteiger partial charge in [0.2, 0.25) is 0 Å². The molecule has 0 aliphatic heterocycles. The van der Waals surface area contributed by atoms with Crippen molar-refractivity contribution in [3.63, 3.8) is 0 Å². The van der Waals surface area contributed by atoms with Crippen LogP contribution in [-0.2, 0) is 5.33 Å². The number of pyridine rings is 1. The van der Waals surface area contributed by atoms with Gasteiger partial charge in [0.1, 0.15) is 5.69 Å². The summed E-state index contributed by atoms with van der Waals surface area (Å²) in [7, 11) is 0. The predicted molar refractivity (Wildman–Crippen MR) is 56.5 cm³/mol. The fourth-order valence-corrected chi connectivity index (χ4v) is 2.29. The van der Waals surface area contributed by atoms with E-state index in [2.05, 4.69) is 36.8 Å². The lowest BCUT2D eigenvalue weighted by Crippen LogP contribution is -2.07. The first-order chi connectivity index (χ1) is 6.97. The maximum absolute atomic E-state index is 12.4. The van der Waals surface area contributed by atoms with E-state index in [0.717, 1.165) is 6.07 Å². The van der Waals surface area contributed by atoms with Crippen LogP contribution in [0.25, 0.3) is 0 Å². The highest BCUT2D eigenvalue weighted by Crippen LogP contribution is 2.27. The van der Waals surface area contributed by atoms with Gasteiger partial charge in [0.05, 0.1) is 4.47 Å². The third-order valence-corrected chi connectivity index (χ3v) is 3.11. The van der Waals surface area contributed by atoms with E-state index >= 15 is 0 Å². The molecule has 0 saturated heterocycles. The van der Waals surface area contributed by atoms with Crippen LogP contribution in [0.5, 0.6) is 0 Å². The van der Waals surface area contributed by atoms with Crippen molar-refractivity contribution in [2.45, 2.75) is 11.8 Å². The Balaban J connectivity index is 3.38. The molecular formula is C8H5Br2F2NO2. The lowest BCUT2D eigenvalue weighted by atomic mass is 10.2. The summed E-state index contributed by atoms with van der Waals surface area (Å²) in [5, 5.41) is 9.01. The highest BCUT2D eigenvalue weighted by molar-refractivity contribution is 9.10. The van der Waals surface area contributed by atoms with Crippen LogP contribution in [0.3, 0.4) is 0 Å². The van der Waals surface area contributed by atoms with E-state index in [1.807, 2.05) is 0 Å². The number of hydrogen-bond donors (Lipinski definition) is 1. The first kappa shape index (κ1) is 12.5. The van der Waals surface area contributed by atoms with E-state index in [9.17, 15) is 13.6 Å². The van der Waals surface area contributed by atoms with Gasteiger partial charge in [-0.2, -0.15) is 0 Å². The number of carbonyl (C=O) groups is 1. The molecule has 0 fully saturated rings. The second kappa shape index (κ2) is 4.98. The molecule has 0 radical (unpaired) electrons. The van der Waals surface area contributed by atoms with Crippen LogP contribution < -0.4 is 0 Å². The zero-order chi connectivity index (χ0) is 11.6. The second-order valence-corrected chi connectivity index (χ2v) is 3.96. The molecule has 1 aromatic heterocycles. The number of alkyl halides is 3. The van der Waals surface area contributed by atoms with Crippen molar-refractivity contribution in [2.24, 2.45) is 0 Å². The zero-order valence-electron chi connectivity index (χ0n) is 7.18. The van der Waals surface area contributed by atoms with Gasteiger partial charge in [-0.3, -0.25) is 0 Å². The van der Waals surface area contributed by atoms with E-state index in [1.165, 1.54) is 0 Å². The van der Waals surface area contributed by atoms with Gasteiger partial charge in [-0.1, -0.05) is 15.9 Å². The maximum Gasteiger partial charge on any atom is 0.355 e. The Bertz CT molecular complexity index is 398. The SMILES string of the molecule is O=C(O)c1nc(C(F)F)cc(CBr)c1Br. The Labute approximate surface area is 101 Å². The van der Waals surface area contributed by atoms with Gasteiger partial charge in [0, 0.05) is 5.33 Å². The number of hydrogen-bond acceptors (Lipinski definition) is 2. The molecule has 1 heterocycles. The lowest BCUT2D eigenvalue weighted by molar-refractivity contribution is 0.0687. The molecular weight excluding hydrogens is 340 g/mol. The first-order valence-electron chi connectivity index (χ1n) is 3.74. The van der Waals surface area contributed by atoms with Gasteiger partial charge in [-0.25, -0.2) is 18.6 Å². The van der Waals surface area contributed by atoms with Crippen molar-refractivity contribution in [2.75, 3.05) is 0 Å². The number of halogens is 4. The average Bonchev–Trinajstić information content (AvgIpc) is 2.17. The zero-order valence-corrected chi connectivity index (χ0v) is 10.3. The molecule has 0 bridgehead atoms. The van der Waals surface area contributed by atoms with E-state index < -0.39 is 23.8 Å². The van der Waals surface area contributed by atoms with Gasteiger partial charge in [0.25, 0.3) is 6.43 Å². The maximum atomic E-state index is 12.4. The normalized spacial score (nSPS) is 10.7. The van der Waals surface area contributed by atoms with E-state index in [0.29, 0.717) is 5.56 Å². The van der Waals surface area contributed by atoms with E-state index in [-0.39, 0.29) is 9.80 Å². The largest absolute Gasteiger partial charge is 0.476 e. The number of nitrogens with zero attached hydrogens (tertiary/aromatic N) is 1. The van der Waals surface area contributed by atoms with Crippen LogP contribution >= 0.6 is 31.9 Å². The van der Waals surface area contributed by atoms with Crippen molar-refractivity contribution in [3.05, 3.63) is 27.5 Å². The van der Waals surface area contributed by atoms with E-state index in [4.69, 9.17) is 5.11 Å². The minimum absolute atomic E-state index is 0.219. The molecule has 0 spiro atoms. The smallest absolute Gasteiger partial charge is 0.355 e. The molecule has 15 heavy (non-hydrogen) atoms. The molecule has 0 unspecified atom stereocenters. The van der Waals surface area contributed by atoms with Gasteiger partial charge < -0.3 is 5.11 Å². The Morgan fingerprint density at radius 1 is 1.60 bits per heavy atom. The Morgan fingerprint density at radius 2 is 2.20 bits per heavy atom. The average molecular weight is 345 g/mol. The minimum atomic E-state index is -2.78. The summed E-state index contributed by atoms with van der Waals surface area (Å²) >= 11 is 6.09. The molecule has 1 N–H and O–H groups in total. The third-order valence-electron chi connectivity index (χ3n) is 1.62. The van der Waals surface area contributed by atoms with Crippen LogP contribution in [0.2, 0.25) is 0 Å². The molecule has 0 aliphatic carbocycles. The molecule has 0 saturated carbocycles. The van der Waals surface area contributed by atoms with Gasteiger partial charge >= 0.3 is 5.97 Å². The van der Waals surface area contributed by atoms with E-state index in [1.54, 1.807) is 0 Å².